The molecule has 1 aliphatic heterocycles. The molecule has 3 rings (SSSR count). The molecule has 1 unspecified atom stereocenters. The van der Waals surface area contributed by atoms with Gasteiger partial charge in [-0.05, 0) is 0 Å². The molecule has 0 aliphatic carbocycles. The van der Waals surface area contributed by atoms with E-state index in [1.54, 1.807) is 66.7 Å². The van der Waals surface area contributed by atoms with Crippen molar-refractivity contribution in [1.82, 2.24) is 0 Å². The Kier molecular flexibility index (Phi) is 5.96. The first-order chi connectivity index (χ1) is 14.6. The van der Waals surface area contributed by atoms with Crippen LogP contribution in [0.1, 0.15) is 0 Å². The Balaban J connectivity index is 2.48. The fourth-order valence-corrected chi connectivity index (χ4v) is 13.3. The van der Waals surface area contributed by atoms with Gasteiger partial charge < -0.3 is 0 Å². The van der Waals surface area contributed by atoms with Gasteiger partial charge in [-0.25, -0.2) is 0 Å². The van der Waals surface area contributed by atoms with E-state index < -0.39 is 29.3 Å². The summed E-state index contributed by atoms with van der Waals surface area (Å²) in [6, 6.07) is 24.5. The molecule has 2 aromatic carbocycles. The van der Waals surface area contributed by atoms with Crippen LogP contribution in [0.15, 0.2) is 82.9 Å². The number of hydrogen-bond acceptors (Lipinski definition) is 6. The summed E-state index contributed by atoms with van der Waals surface area (Å²) >= 11 is -4.99. The summed E-state index contributed by atoms with van der Waals surface area (Å²) in [6.45, 7) is -1.28. The first-order valence-electron chi connectivity index (χ1n) is 8.78. The predicted octanol–water partition coefficient (Wildman–Crippen LogP) is 1.88. The molecular formula is C22H11BN5OSb. The van der Waals surface area contributed by atoms with Gasteiger partial charge in [0, 0.05) is 0 Å². The molecule has 0 bridgehead atoms. The van der Waals surface area contributed by atoms with Crippen LogP contribution in [0.25, 0.3) is 0 Å². The molecule has 0 saturated carbocycles. The van der Waals surface area contributed by atoms with Crippen molar-refractivity contribution in [3.8, 4) is 30.2 Å². The second-order valence-corrected chi connectivity index (χ2v) is 14.7. The van der Waals surface area contributed by atoms with Crippen molar-refractivity contribution in [3.05, 3.63) is 82.9 Å². The zero-order chi connectivity index (χ0) is 21.7. The zero-order valence-corrected chi connectivity index (χ0v) is 18.1. The van der Waals surface area contributed by atoms with Crippen molar-refractivity contribution in [2.45, 2.75) is 3.76 Å². The zero-order valence-electron chi connectivity index (χ0n) is 15.5. The number of nitrogens with zero attached hydrogens (tertiary/aromatic N) is 5. The Bertz CT molecular complexity index is 1290. The van der Waals surface area contributed by atoms with Crippen LogP contribution in [0, 0.1) is 56.6 Å². The molecule has 0 fully saturated rings. The summed E-state index contributed by atoms with van der Waals surface area (Å²) in [4.78, 5) is 0. The monoisotopic (exact) mass is 493 g/mol. The van der Waals surface area contributed by atoms with Crippen LogP contribution in [-0.4, -0.2) is 25.5 Å². The van der Waals surface area contributed by atoms with Crippen LogP contribution in [-0.2, 0) is 3.02 Å². The average Bonchev–Trinajstić information content (AvgIpc) is 2.82. The van der Waals surface area contributed by atoms with Crippen molar-refractivity contribution >= 4 is 32.5 Å². The van der Waals surface area contributed by atoms with Crippen LogP contribution in [0.3, 0.4) is 0 Å². The molecule has 1 aliphatic rings. The van der Waals surface area contributed by atoms with E-state index in [2.05, 4.69) is 0 Å². The summed E-state index contributed by atoms with van der Waals surface area (Å²) in [5, 5.41) is 48.7. The molecule has 0 saturated heterocycles. The van der Waals surface area contributed by atoms with Crippen molar-refractivity contribution in [2.75, 3.05) is 0 Å². The van der Waals surface area contributed by atoms with Crippen LogP contribution in [0.2, 0.25) is 3.76 Å². The van der Waals surface area contributed by atoms with Crippen molar-refractivity contribution < 1.29 is 3.02 Å². The van der Waals surface area contributed by atoms with Gasteiger partial charge in [0.05, 0.1) is 0 Å². The molecule has 8 heteroatoms. The van der Waals surface area contributed by atoms with E-state index >= 15 is 0 Å². The Morgan fingerprint density at radius 2 is 1.20 bits per heavy atom. The molecule has 138 valence electrons. The van der Waals surface area contributed by atoms with Crippen LogP contribution >= 0.6 is 0 Å². The summed E-state index contributed by atoms with van der Waals surface area (Å²) in [5.74, 6) is 2.00. The third kappa shape index (κ3) is 3.12. The summed E-state index contributed by atoms with van der Waals surface area (Å²) < 4.78 is 14.6. The summed E-state index contributed by atoms with van der Waals surface area (Å²) in [5.41, 5.74) is -0.975. The minimum atomic E-state index is -4.99. The second-order valence-electron chi connectivity index (χ2n) is 6.41. The van der Waals surface area contributed by atoms with Crippen LogP contribution in [0.5, 0.6) is 0 Å². The number of hydrogen-bond donors (Lipinski definition) is 0. The van der Waals surface area contributed by atoms with Gasteiger partial charge in [0.15, 0.2) is 0 Å². The Morgan fingerprint density at radius 3 is 1.57 bits per heavy atom. The number of nitriles is 5. The van der Waals surface area contributed by atoms with E-state index in [-0.39, 0.29) is 22.2 Å². The molecule has 2 aromatic rings. The molecule has 0 radical (unpaired) electrons. The second kappa shape index (κ2) is 8.60. The third-order valence-electron chi connectivity index (χ3n) is 4.99. The molecule has 0 amide bonds. The van der Waals surface area contributed by atoms with Gasteiger partial charge in [0.25, 0.3) is 0 Å². The van der Waals surface area contributed by atoms with Gasteiger partial charge in [0.1, 0.15) is 0 Å². The van der Waals surface area contributed by atoms with E-state index in [0.29, 0.717) is 7.02 Å². The maximum atomic E-state index is 14.9. The Morgan fingerprint density at radius 1 is 0.700 bits per heavy atom. The van der Waals surface area contributed by atoms with Gasteiger partial charge in [-0.2, -0.15) is 0 Å². The standard InChI is InChI=1S/C10HBN5.2C6H5.O.Sb/c12-2-7-1-11(6-16)10(5-15)9(4-14)8(7)3-13;2*1-2-4-6-5-3-1;;/h1H;2*1-5H;;. The van der Waals surface area contributed by atoms with Gasteiger partial charge in [-0.15, -0.1) is 0 Å². The van der Waals surface area contributed by atoms with E-state index in [1.165, 1.54) is 0 Å². The molecule has 30 heavy (non-hydrogen) atoms. The van der Waals surface area contributed by atoms with Gasteiger partial charge in [-0.1, -0.05) is 0 Å². The van der Waals surface area contributed by atoms with Gasteiger partial charge in [-0.3, -0.25) is 0 Å². The molecular weight excluding hydrogens is 483 g/mol. The fraction of sp³-hybridized carbons (Fsp3) is 0.0455. The van der Waals surface area contributed by atoms with Crippen molar-refractivity contribution in [3.63, 3.8) is 0 Å². The van der Waals surface area contributed by atoms with E-state index in [0.717, 1.165) is 0 Å². The minimum absolute atomic E-state index is 0.173. The molecule has 1 atom stereocenters. The topological polar surface area (TPSA) is 136 Å². The molecule has 0 aromatic heterocycles. The van der Waals surface area contributed by atoms with Crippen molar-refractivity contribution in [2.24, 2.45) is 0 Å². The normalized spacial score (nSPS) is 16.0. The van der Waals surface area contributed by atoms with E-state index in [1.807, 2.05) is 24.2 Å². The van der Waals surface area contributed by atoms with E-state index in [9.17, 15) is 29.3 Å². The summed E-state index contributed by atoms with van der Waals surface area (Å²) in [7, 11) is 0. The third-order valence-corrected chi connectivity index (χ3v) is 14.9. The Hall–Kier alpha value is -3.95. The predicted molar refractivity (Wildman–Crippen MR) is 110 cm³/mol. The maximum absolute atomic E-state index is 14.9. The van der Waals surface area contributed by atoms with Crippen molar-refractivity contribution in [1.29, 1.82) is 26.3 Å². The number of rotatable bonds is 3. The fourth-order valence-electron chi connectivity index (χ4n) is 3.67. The quantitative estimate of drug-likeness (QED) is 0.599. The SMILES string of the molecule is N#CB1C(C#N)=C(C#N)C(C#N)=C(C#N)[CH]1[Sb](=[O])([c]1ccccc1)[c]1ccccc1. The average molecular weight is 494 g/mol. The van der Waals surface area contributed by atoms with Gasteiger partial charge in [0.2, 0.25) is 0 Å². The molecule has 0 spiro atoms. The summed E-state index contributed by atoms with van der Waals surface area (Å²) in [6.07, 6.45) is 0. The van der Waals surface area contributed by atoms with E-state index in [4.69, 9.17) is 0 Å². The molecule has 1 heterocycles. The first-order valence-corrected chi connectivity index (χ1v) is 13.8. The molecule has 0 N–H and O–H groups in total. The van der Waals surface area contributed by atoms with Crippen LogP contribution < -0.4 is 7.02 Å². The Labute approximate surface area is 178 Å². The number of benzene rings is 2. The first kappa shape index (κ1) is 20.8. The van der Waals surface area contributed by atoms with Gasteiger partial charge >= 0.3 is 179 Å². The number of allylic oxidation sites excluding steroid dienone is 4. The molecule has 6 nitrogen and oxygen atoms in total. The van der Waals surface area contributed by atoms with Crippen LogP contribution in [0.4, 0.5) is 0 Å².